The van der Waals surface area contributed by atoms with Gasteiger partial charge < -0.3 is 19.2 Å². The van der Waals surface area contributed by atoms with Gasteiger partial charge in [-0.15, -0.1) is 0 Å². The second-order valence-electron chi connectivity index (χ2n) is 8.55. The van der Waals surface area contributed by atoms with Crippen molar-refractivity contribution in [2.45, 2.75) is 12.5 Å². The molecule has 6 heteroatoms. The summed E-state index contributed by atoms with van der Waals surface area (Å²) in [7, 11) is 0. The molecule has 2 heterocycles. The van der Waals surface area contributed by atoms with Crippen molar-refractivity contribution >= 4 is 22.7 Å². The van der Waals surface area contributed by atoms with Crippen LogP contribution >= 0.6 is 0 Å². The number of para-hydroxylation sites is 1. The smallest absolute Gasteiger partial charge is 0.290 e. The van der Waals surface area contributed by atoms with Crippen LogP contribution < -0.4 is 4.74 Å². The summed E-state index contributed by atoms with van der Waals surface area (Å²) in [5, 5.41) is 11.7. The average molecular weight is 480 g/mol. The van der Waals surface area contributed by atoms with Crippen molar-refractivity contribution in [3.63, 3.8) is 0 Å². The maximum atomic E-state index is 13.7. The zero-order valence-electron chi connectivity index (χ0n) is 19.6. The number of aliphatic hydroxyl groups excluding tert-OH is 1. The number of Topliss-reactive ketones (excluding diaryl/α,β-unsaturated/α-hetero) is 1. The molecule has 1 N–H and O–H groups in total. The van der Waals surface area contributed by atoms with Crippen LogP contribution in [0.15, 0.2) is 113 Å². The first-order valence-corrected chi connectivity index (χ1v) is 11.7. The van der Waals surface area contributed by atoms with E-state index < -0.39 is 23.5 Å². The first-order chi connectivity index (χ1) is 17.6. The quantitative estimate of drug-likeness (QED) is 0.242. The molecule has 0 aliphatic carbocycles. The summed E-state index contributed by atoms with van der Waals surface area (Å²) in [6.45, 7) is 4.34. The van der Waals surface area contributed by atoms with Gasteiger partial charge in [-0.1, -0.05) is 73.3 Å². The summed E-state index contributed by atoms with van der Waals surface area (Å²) in [5.41, 5.74) is 2.30. The van der Waals surface area contributed by atoms with Crippen molar-refractivity contribution in [2.75, 3.05) is 13.2 Å². The van der Waals surface area contributed by atoms with Gasteiger partial charge in [0, 0.05) is 11.9 Å². The van der Waals surface area contributed by atoms with E-state index in [0.29, 0.717) is 36.5 Å². The Morgan fingerprint density at radius 3 is 2.47 bits per heavy atom. The largest absolute Gasteiger partial charge is 0.503 e. The molecule has 5 rings (SSSR count). The summed E-state index contributed by atoms with van der Waals surface area (Å²) < 4.78 is 11.4. The summed E-state index contributed by atoms with van der Waals surface area (Å²) in [6.07, 6.45) is 2.22. The second-order valence-corrected chi connectivity index (χ2v) is 8.55. The molecule has 6 nitrogen and oxygen atoms in total. The Morgan fingerprint density at radius 1 is 1.03 bits per heavy atom. The second kappa shape index (κ2) is 9.96. The Bertz CT molecular complexity index is 1420. The summed E-state index contributed by atoms with van der Waals surface area (Å²) >= 11 is 0. The molecular weight excluding hydrogens is 454 g/mol. The number of benzene rings is 3. The van der Waals surface area contributed by atoms with Crippen molar-refractivity contribution in [3.05, 3.63) is 126 Å². The van der Waals surface area contributed by atoms with Crippen LogP contribution in [0.4, 0.5) is 0 Å². The van der Waals surface area contributed by atoms with Crippen LogP contribution in [0.1, 0.15) is 27.7 Å². The van der Waals surface area contributed by atoms with Crippen molar-refractivity contribution < 1.29 is 23.8 Å². The number of ketones is 1. The van der Waals surface area contributed by atoms with E-state index in [1.54, 1.807) is 42.5 Å². The van der Waals surface area contributed by atoms with Crippen LogP contribution in [0.2, 0.25) is 0 Å². The molecular formula is C30H25NO5. The summed E-state index contributed by atoms with van der Waals surface area (Å²) in [5.74, 6) is -0.937. The Hall–Kier alpha value is -4.58. The van der Waals surface area contributed by atoms with Gasteiger partial charge in [0.2, 0.25) is 5.78 Å². The minimum absolute atomic E-state index is 0.00637. The van der Waals surface area contributed by atoms with Crippen LogP contribution in [0, 0.1) is 0 Å². The molecule has 0 bridgehead atoms. The third-order valence-corrected chi connectivity index (χ3v) is 6.25. The number of rotatable bonds is 9. The lowest BCUT2D eigenvalue weighted by atomic mass is 9.94. The van der Waals surface area contributed by atoms with Gasteiger partial charge in [-0.05, 0) is 41.8 Å². The molecule has 0 saturated carbocycles. The number of furan rings is 1. The van der Waals surface area contributed by atoms with Crippen molar-refractivity contribution in [3.8, 4) is 5.75 Å². The number of carbonyl (C=O) groups is 2. The van der Waals surface area contributed by atoms with Gasteiger partial charge in [-0.2, -0.15) is 0 Å². The van der Waals surface area contributed by atoms with E-state index in [9.17, 15) is 14.7 Å². The predicted octanol–water partition coefficient (Wildman–Crippen LogP) is 5.82. The predicted molar refractivity (Wildman–Crippen MR) is 137 cm³/mol. The van der Waals surface area contributed by atoms with Crippen molar-refractivity contribution in [1.29, 1.82) is 0 Å². The molecule has 1 aliphatic rings. The normalized spacial score (nSPS) is 15.5. The molecule has 1 amide bonds. The summed E-state index contributed by atoms with van der Waals surface area (Å²) in [4.78, 5) is 28.4. The highest BCUT2D eigenvalue weighted by molar-refractivity contribution is 6.16. The number of nitrogens with zero attached hydrogens (tertiary/aromatic N) is 1. The molecule has 36 heavy (non-hydrogen) atoms. The number of hydrogen-bond donors (Lipinski definition) is 1. The molecule has 4 aromatic rings. The molecule has 1 aliphatic heterocycles. The average Bonchev–Trinajstić information content (AvgIpc) is 3.46. The van der Waals surface area contributed by atoms with Gasteiger partial charge in [-0.25, -0.2) is 0 Å². The Kier molecular flexibility index (Phi) is 6.41. The third kappa shape index (κ3) is 4.41. The number of carbonyl (C=O) groups excluding carboxylic acids is 2. The van der Waals surface area contributed by atoms with Crippen molar-refractivity contribution in [1.82, 2.24) is 4.90 Å². The van der Waals surface area contributed by atoms with E-state index in [4.69, 9.17) is 9.15 Å². The van der Waals surface area contributed by atoms with E-state index in [-0.39, 0.29) is 11.3 Å². The van der Waals surface area contributed by atoms with E-state index in [1.165, 1.54) is 4.90 Å². The maximum absolute atomic E-state index is 13.7. The zero-order chi connectivity index (χ0) is 25.1. The number of hydrogen-bond acceptors (Lipinski definition) is 5. The third-order valence-electron chi connectivity index (χ3n) is 6.25. The number of aliphatic hydroxyl groups is 1. The fourth-order valence-electron chi connectivity index (χ4n) is 4.49. The van der Waals surface area contributed by atoms with Crippen LogP contribution in [-0.2, 0) is 11.2 Å². The van der Waals surface area contributed by atoms with Crippen molar-refractivity contribution in [2.24, 2.45) is 0 Å². The molecule has 1 aromatic heterocycles. The van der Waals surface area contributed by atoms with Gasteiger partial charge in [0.1, 0.15) is 17.9 Å². The van der Waals surface area contributed by atoms with Crippen LogP contribution in [0.25, 0.3) is 11.0 Å². The molecule has 180 valence electrons. The first kappa shape index (κ1) is 23.2. The topological polar surface area (TPSA) is 80.0 Å². The fourth-order valence-corrected chi connectivity index (χ4v) is 4.49. The van der Waals surface area contributed by atoms with E-state index in [0.717, 1.165) is 10.9 Å². The van der Waals surface area contributed by atoms with E-state index >= 15 is 0 Å². The van der Waals surface area contributed by atoms with Gasteiger partial charge in [0.15, 0.2) is 11.5 Å². The lowest BCUT2D eigenvalue weighted by Gasteiger charge is -2.27. The van der Waals surface area contributed by atoms with Gasteiger partial charge in [-0.3, -0.25) is 9.59 Å². The molecule has 0 radical (unpaired) electrons. The van der Waals surface area contributed by atoms with Crippen LogP contribution in [0.3, 0.4) is 0 Å². The summed E-state index contributed by atoms with van der Waals surface area (Å²) in [6, 6.07) is 25.1. The Balaban J connectivity index is 1.52. The lowest BCUT2D eigenvalue weighted by Crippen LogP contribution is -2.33. The molecule has 1 unspecified atom stereocenters. The highest BCUT2D eigenvalue weighted by atomic mass is 16.5. The Labute approximate surface area is 208 Å². The number of fused-ring (bicyclic) bond motifs is 1. The van der Waals surface area contributed by atoms with Crippen LogP contribution in [-0.4, -0.2) is 34.8 Å². The maximum Gasteiger partial charge on any atom is 0.290 e. The molecule has 1 atom stereocenters. The van der Waals surface area contributed by atoms with Gasteiger partial charge in [0.25, 0.3) is 5.91 Å². The monoisotopic (exact) mass is 479 g/mol. The van der Waals surface area contributed by atoms with E-state index in [1.807, 2.05) is 48.5 Å². The van der Waals surface area contributed by atoms with Gasteiger partial charge in [0.05, 0.1) is 11.6 Å². The highest BCUT2D eigenvalue weighted by Gasteiger charge is 2.44. The van der Waals surface area contributed by atoms with Gasteiger partial charge >= 0.3 is 0 Å². The minimum Gasteiger partial charge on any atom is -0.503 e. The molecule has 3 aromatic carbocycles. The Morgan fingerprint density at radius 2 is 1.75 bits per heavy atom. The number of ether oxygens (including phenoxy) is 1. The van der Waals surface area contributed by atoms with E-state index in [2.05, 4.69) is 6.58 Å². The fraction of sp³-hybridized carbons (Fsp3) is 0.133. The molecule has 0 spiro atoms. The minimum atomic E-state index is -0.768. The molecule has 0 fully saturated rings. The van der Waals surface area contributed by atoms with Crippen LogP contribution in [0.5, 0.6) is 5.75 Å². The zero-order valence-corrected chi connectivity index (χ0v) is 19.6. The highest BCUT2D eigenvalue weighted by Crippen LogP contribution is 2.40. The number of amides is 1. The SMILES string of the molecule is C=CCOc1ccc(C2C(C(=O)c3cc4ccccc4o3)=C(O)C(=O)N2CCc2ccccc2)cc1. The lowest BCUT2D eigenvalue weighted by molar-refractivity contribution is -0.129. The molecule has 0 saturated heterocycles. The first-order valence-electron chi connectivity index (χ1n) is 11.7. The standard InChI is InChI=1S/C30H25NO5/c1-2-18-35-23-14-12-21(13-15-23)27-26(28(32)25-19-22-10-6-7-11-24(22)36-25)29(33)30(34)31(27)17-16-20-8-4-3-5-9-20/h2-15,19,27,33H,1,16-18H2.